The molecule has 0 bridgehead atoms. The Bertz CT molecular complexity index is 489. The van der Waals surface area contributed by atoms with Crippen molar-refractivity contribution in [2.24, 2.45) is 5.92 Å². The van der Waals surface area contributed by atoms with Crippen LogP contribution in [0.25, 0.3) is 0 Å². The highest BCUT2D eigenvalue weighted by Gasteiger charge is 2.11. The lowest BCUT2D eigenvalue weighted by Crippen LogP contribution is -2.32. The fourth-order valence-corrected chi connectivity index (χ4v) is 1.78. The molecule has 2 amide bonds. The van der Waals surface area contributed by atoms with E-state index in [0.29, 0.717) is 23.0 Å². The second kappa shape index (κ2) is 7.85. The fraction of sp³-hybridized carbons (Fsp3) is 0.500. The first-order valence-corrected chi connectivity index (χ1v) is 6.95. The molecule has 0 saturated heterocycles. The summed E-state index contributed by atoms with van der Waals surface area (Å²) in [6, 6.07) is 1.63. The van der Waals surface area contributed by atoms with Crippen LogP contribution >= 0.6 is 11.6 Å². The minimum atomic E-state index is -0.320. The third kappa shape index (κ3) is 5.57. The highest BCUT2D eigenvalue weighted by atomic mass is 35.5. The van der Waals surface area contributed by atoms with Gasteiger partial charge in [0.25, 0.3) is 5.91 Å². The van der Waals surface area contributed by atoms with Gasteiger partial charge in [0.2, 0.25) is 5.91 Å². The van der Waals surface area contributed by atoms with Crippen LogP contribution in [0.1, 0.15) is 36.3 Å². The second-order valence-electron chi connectivity index (χ2n) is 5.01. The van der Waals surface area contributed by atoms with Gasteiger partial charge in [-0.1, -0.05) is 25.4 Å². The molecule has 1 heterocycles. The van der Waals surface area contributed by atoms with Gasteiger partial charge in [-0.25, -0.2) is 0 Å². The number of hydrogen-bond acceptors (Lipinski definition) is 3. The summed E-state index contributed by atoms with van der Waals surface area (Å²) in [7, 11) is 0. The zero-order valence-electron chi connectivity index (χ0n) is 12.0. The summed E-state index contributed by atoms with van der Waals surface area (Å²) < 4.78 is 0. The average Bonchev–Trinajstić information content (AvgIpc) is 2.36. The molecule has 0 aliphatic rings. The van der Waals surface area contributed by atoms with Gasteiger partial charge in [-0.3, -0.25) is 14.6 Å². The summed E-state index contributed by atoms with van der Waals surface area (Å²) in [4.78, 5) is 27.4. The molecule has 0 radical (unpaired) electrons. The Hall–Kier alpha value is -1.62. The zero-order chi connectivity index (χ0) is 15.1. The molecule has 0 atom stereocenters. The van der Waals surface area contributed by atoms with E-state index in [0.717, 1.165) is 5.69 Å². The van der Waals surface area contributed by atoms with Gasteiger partial charge < -0.3 is 10.6 Å². The molecule has 20 heavy (non-hydrogen) atoms. The standard InChI is InChI=1S/C14H20ClN3O2/c1-9(2)7-18-13(19)4-5-16-14(20)11-8-17-10(3)6-12(11)15/h6,8-9H,4-5,7H2,1-3H3,(H,16,20)(H,18,19). The number of rotatable bonds is 6. The number of nitrogens with one attached hydrogen (secondary N) is 2. The van der Waals surface area contributed by atoms with Crippen LogP contribution in [-0.2, 0) is 4.79 Å². The maximum absolute atomic E-state index is 11.9. The second-order valence-corrected chi connectivity index (χ2v) is 5.42. The van der Waals surface area contributed by atoms with Crippen molar-refractivity contribution in [3.05, 3.63) is 28.5 Å². The van der Waals surface area contributed by atoms with Gasteiger partial charge in [-0.05, 0) is 18.9 Å². The summed E-state index contributed by atoms with van der Waals surface area (Å²) in [6.07, 6.45) is 1.68. The molecule has 0 fully saturated rings. The number of carbonyl (C=O) groups is 2. The average molecular weight is 298 g/mol. The lowest BCUT2D eigenvalue weighted by Gasteiger charge is -2.09. The summed E-state index contributed by atoms with van der Waals surface area (Å²) in [6.45, 7) is 6.75. The number of aryl methyl sites for hydroxylation is 1. The van der Waals surface area contributed by atoms with Gasteiger partial charge in [0.05, 0.1) is 10.6 Å². The van der Waals surface area contributed by atoms with Gasteiger partial charge in [0.1, 0.15) is 0 Å². The van der Waals surface area contributed by atoms with Crippen LogP contribution in [0.5, 0.6) is 0 Å². The molecule has 0 aliphatic carbocycles. The van der Waals surface area contributed by atoms with E-state index in [1.165, 1.54) is 6.20 Å². The number of carbonyl (C=O) groups excluding carboxylic acids is 2. The topological polar surface area (TPSA) is 71.1 Å². The summed E-state index contributed by atoms with van der Waals surface area (Å²) in [5, 5.41) is 5.80. The van der Waals surface area contributed by atoms with Crippen LogP contribution in [0.3, 0.4) is 0 Å². The molecule has 1 rings (SSSR count). The fourth-order valence-electron chi connectivity index (χ4n) is 1.48. The number of aromatic nitrogens is 1. The van der Waals surface area contributed by atoms with Crippen molar-refractivity contribution in [2.45, 2.75) is 27.2 Å². The molecule has 110 valence electrons. The summed E-state index contributed by atoms with van der Waals surface area (Å²) in [5.41, 5.74) is 1.07. The Labute approximate surface area is 124 Å². The number of halogens is 1. The van der Waals surface area contributed by atoms with Crippen molar-refractivity contribution in [3.63, 3.8) is 0 Å². The van der Waals surface area contributed by atoms with Crippen molar-refractivity contribution in [2.75, 3.05) is 13.1 Å². The number of amides is 2. The summed E-state index contributed by atoms with van der Waals surface area (Å²) >= 11 is 5.97. The monoisotopic (exact) mass is 297 g/mol. The molecule has 1 aromatic heterocycles. The quantitative estimate of drug-likeness (QED) is 0.843. The minimum Gasteiger partial charge on any atom is -0.356 e. The largest absolute Gasteiger partial charge is 0.356 e. The van der Waals surface area contributed by atoms with Crippen LogP contribution in [0.2, 0.25) is 5.02 Å². The van der Waals surface area contributed by atoms with E-state index in [1.54, 1.807) is 13.0 Å². The molecule has 0 aliphatic heterocycles. The van der Waals surface area contributed by atoms with Gasteiger partial charge >= 0.3 is 0 Å². The van der Waals surface area contributed by atoms with Crippen LogP contribution in [0, 0.1) is 12.8 Å². The van der Waals surface area contributed by atoms with Crippen molar-refractivity contribution in [1.82, 2.24) is 15.6 Å². The highest BCUT2D eigenvalue weighted by Crippen LogP contribution is 2.15. The molecule has 0 unspecified atom stereocenters. The first kappa shape index (κ1) is 16.4. The van der Waals surface area contributed by atoms with Crippen molar-refractivity contribution in [3.8, 4) is 0 Å². The third-order valence-corrected chi connectivity index (χ3v) is 2.89. The van der Waals surface area contributed by atoms with Crippen LogP contribution < -0.4 is 10.6 Å². The molecule has 6 heteroatoms. The molecule has 0 aromatic carbocycles. The predicted octanol–water partition coefficient (Wildman–Crippen LogP) is 1.94. The lowest BCUT2D eigenvalue weighted by molar-refractivity contribution is -0.121. The number of nitrogens with zero attached hydrogens (tertiary/aromatic N) is 1. The Balaban J connectivity index is 2.38. The highest BCUT2D eigenvalue weighted by molar-refractivity contribution is 6.33. The smallest absolute Gasteiger partial charge is 0.254 e. The Kier molecular flexibility index (Phi) is 6.45. The molecular formula is C14H20ClN3O2. The predicted molar refractivity (Wildman–Crippen MR) is 78.8 cm³/mol. The molecule has 0 spiro atoms. The normalized spacial score (nSPS) is 10.4. The van der Waals surface area contributed by atoms with Gasteiger partial charge in [-0.15, -0.1) is 0 Å². The molecular weight excluding hydrogens is 278 g/mol. The van der Waals surface area contributed by atoms with Gasteiger partial charge in [0, 0.05) is 31.4 Å². The van der Waals surface area contributed by atoms with Gasteiger partial charge in [0.15, 0.2) is 0 Å². The first-order chi connectivity index (χ1) is 9.40. The van der Waals surface area contributed by atoms with E-state index in [4.69, 9.17) is 11.6 Å². The SMILES string of the molecule is Cc1cc(Cl)c(C(=O)NCCC(=O)NCC(C)C)cn1. The van der Waals surface area contributed by atoms with E-state index in [1.807, 2.05) is 13.8 Å². The van der Waals surface area contributed by atoms with E-state index >= 15 is 0 Å². The maximum atomic E-state index is 11.9. The summed E-state index contributed by atoms with van der Waals surface area (Å²) in [5.74, 6) is 0.0114. The van der Waals surface area contributed by atoms with Crippen molar-refractivity contribution >= 4 is 23.4 Å². The van der Waals surface area contributed by atoms with Gasteiger partial charge in [-0.2, -0.15) is 0 Å². The molecule has 5 nitrogen and oxygen atoms in total. The van der Waals surface area contributed by atoms with Crippen LogP contribution in [-0.4, -0.2) is 29.9 Å². The Morgan fingerprint density at radius 1 is 1.35 bits per heavy atom. The first-order valence-electron chi connectivity index (χ1n) is 6.57. The molecule has 1 aromatic rings. The van der Waals surface area contributed by atoms with Crippen LogP contribution in [0.15, 0.2) is 12.3 Å². The van der Waals surface area contributed by atoms with E-state index in [9.17, 15) is 9.59 Å². The van der Waals surface area contributed by atoms with E-state index in [2.05, 4.69) is 15.6 Å². The lowest BCUT2D eigenvalue weighted by atomic mass is 10.2. The zero-order valence-corrected chi connectivity index (χ0v) is 12.8. The maximum Gasteiger partial charge on any atom is 0.254 e. The van der Waals surface area contributed by atoms with E-state index in [-0.39, 0.29) is 24.8 Å². The number of pyridine rings is 1. The number of hydrogen-bond donors (Lipinski definition) is 2. The molecule has 0 saturated carbocycles. The van der Waals surface area contributed by atoms with Crippen LogP contribution in [0.4, 0.5) is 0 Å². The van der Waals surface area contributed by atoms with E-state index < -0.39 is 0 Å². The minimum absolute atomic E-state index is 0.0767. The van der Waals surface area contributed by atoms with Crippen molar-refractivity contribution < 1.29 is 9.59 Å². The van der Waals surface area contributed by atoms with Crippen molar-refractivity contribution in [1.29, 1.82) is 0 Å². The third-order valence-electron chi connectivity index (χ3n) is 2.58. The Morgan fingerprint density at radius 2 is 2.05 bits per heavy atom. The Morgan fingerprint density at radius 3 is 2.65 bits per heavy atom. The molecule has 2 N–H and O–H groups in total.